The molecule has 0 atom stereocenters. The molecule has 0 amide bonds. The summed E-state index contributed by atoms with van der Waals surface area (Å²) in [5.74, 6) is 0.352. The molecule has 1 aliphatic heterocycles. The molecular formula is C14H12N2O4S. The van der Waals surface area contributed by atoms with Crippen molar-refractivity contribution in [3.05, 3.63) is 36.0 Å². The molecule has 108 valence electrons. The molecule has 0 saturated carbocycles. The molecule has 1 aromatic heterocycles. The van der Waals surface area contributed by atoms with Crippen LogP contribution in [0.5, 0.6) is 11.5 Å². The Labute approximate surface area is 124 Å². The van der Waals surface area contributed by atoms with E-state index in [1.165, 1.54) is 24.0 Å². The number of fused-ring (bicyclic) bond motifs is 1. The van der Waals surface area contributed by atoms with Gasteiger partial charge in [-0.25, -0.2) is 9.78 Å². The third-order valence-corrected chi connectivity index (χ3v) is 3.88. The minimum absolute atomic E-state index is 0.0685. The first kappa shape index (κ1) is 13.6. The minimum Gasteiger partial charge on any atom is -0.486 e. The highest BCUT2D eigenvalue weighted by Gasteiger charge is 2.14. The quantitative estimate of drug-likeness (QED) is 0.898. The summed E-state index contributed by atoms with van der Waals surface area (Å²) in [6.07, 6.45) is 1.29. The van der Waals surface area contributed by atoms with Gasteiger partial charge in [-0.05, 0) is 24.3 Å². The number of nitrogen functional groups attached to an aromatic ring is 1. The number of aromatic carboxylic acids is 1. The van der Waals surface area contributed by atoms with Crippen molar-refractivity contribution in [1.29, 1.82) is 0 Å². The van der Waals surface area contributed by atoms with Gasteiger partial charge in [0.1, 0.15) is 18.2 Å². The van der Waals surface area contributed by atoms with Gasteiger partial charge in [-0.3, -0.25) is 0 Å². The number of hydrogen-bond donors (Lipinski definition) is 2. The first-order valence-corrected chi connectivity index (χ1v) is 7.01. The first-order valence-electron chi connectivity index (χ1n) is 6.20. The van der Waals surface area contributed by atoms with Crippen molar-refractivity contribution in [3.8, 4) is 11.5 Å². The van der Waals surface area contributed by atoms with Gasteiger partial charge >= 0.3 is 5.97 Å². The molecule has 2 aromatic rings. The second-order valence-corrected chi connectivity index (χ2v) is 5.39. The Kier molecular flexibility index (Phi) is 3.57. The fraction of sp³-hybridized carbons (Fsp3) is 0.143. The van der Waals surface area contributed by atoms with E-state index in [1.807, 2.05) is 18.2 Å². The van der Waals surface area contributed by atoms with Gasteiger partial charge in [-0.2, -0.15) is 0 Å². The van der Waals surface area contributed by atoms with E-state index in [1.54, 1.807) is 0 Å². The Hall–Kier alpha value is -2.41. The van der Waals surface area contributed by atoms with E-state index in [-0.39, 0.29) is 5.56 Å². The Morgan fingerprint density at radius 3 is 2.71 bits per heavy atom. The van der Waals surface area contributed by atoms with Crippen molar-refractivity contribution < 1.29 is 19.4 Å². The van der Waals surface area contributed by atoms with Crippen LogP contribution in [0.2, 0.25) is 0 Å². The predicted octanol–water partition coefficient (Wildman–Crippen LogP) is 2.28. The van der Waals surface area contributed by atoms with Crippen LogP contribution in [0.25, 0.3) is 0 Å². The van der Waals surface area contributed by atoms with E-state index in [0.29, 0.717) is 35.4 Å². The number of hydrogen-bond acceptors (Lipinski definition) is 6. The Balaban J connectivity index is 1.85. The Morgan fingerprint density at radius 2 is 2.00 bits per heavy atom. The zero-order valence-electron chi connectivity index (χ0n) is 10.9. The number of carboxylic acid groups (broad SMARTS) is 1. The van der Waals surface area contributed by atoms with Crippen LogP contribution in [0.4, 0.5) is 5.69 Å². The predicted molar refractivity (Wildman–Crippen MR) is 77.2 cm³/mol. The topological polar surface area (TPSA) is 94.7 Å². The number of ether oxygens (including phenoxy) is 2. The van der Waals surface area contributed by atoms with Gasteiger partial charge in [-0.15, -0.1) is 0 Å². The summed E-state index contributed by atoms with van der Waals surface area (Å²) >= 11 is 1.34. The largest absolute Gasteiger partial charge is 0.486 e. The van der Waals surface area contributed by atoms with Crippen molar-refractivity contribution >= 4 is 23.4 Å². The lowest BCUT2D eigenvalue weighted by molar-refractivity contribution is 0.0696. The molecule has 1 aliphatic rings. The monoisotopic (exact) mass is 304 g/mol. The zero-order chi connectivity index (χ0) is 14.8. The summed E-state index contributed by atoms with van der Waals surface area (Å²) in [7, 11) is 0. The summed E-state index contributed by atoms with van der Waals surface area (Å²) in [4.78, 5) is 15.8. The number of anilines is 1. The van der Waals surface area contributed by atoms with E-state index >= 15 is 0 Å². The van der Waals surface area contributed by atoms with Crippen LogP contribution in [0.15, 0.2) is 40.4 Å². The number of benzene rings is 1. The van der Waals surface area contributed by atoms with E-state index < -0.39 is 5.97 Å². The lowest BCUT2D eigenvalue weighted by atomic mass is 10.3. The van der Waals surface area contributed by atoms with Gasteiger partial charge in [0.2, 0.25) is 0 Å². The summed E-state index contributed by atoms with van der Waals surface area (Å²) in [6, 6.07) is 6.96. The molecular weight excluding hydrogens is 292 g/mol. The average molecular weight is 304 g/mol. The van der Waals surface area contributed by atoms with Crippen LogP contribution >= 0.6 is 11.8 Å². The molecule has 0 radical (unpaired) electrons. The number of nitrogens with zero attached hydrogens (tertiary/aromatic N) is 1. The summed E-state index contributed by atoms with van der Waals surface area (Å²) in [6.45, 7) is 1.07. The van der Waals surface area contributed by atoms with Crippen LogP contribution in [-0.4, -0.2) is 29.3 Å². The lowest BCUT2D eigenvalue weighted by Crippen LogP contribution is -2.15. The smallest absolute Gasteiger partial charge is 0.337 e. The van der Waals surface area contributed by atoms with Crippen molar-refractivity contribution in [2.24, 2.45) is 0 Å². The fourth-order valence-electron chi connectivity index (χ4n) is 1.87. The minimum atomic E-state index is -1.05. The Bertz CT molecular complexity index is 705. The molecule has 0 fully saturated rings. The molecule has 0 spiro atoms. The maximum absolute atomic E-state index is 10.9. The second kappa shape index (κ2) is 5.53. The number of carboxylic acids is 1. The lowest BCUT2D eigenvalue weighted by Gasteiger charge is -2.18. The summed E-state index contributed by atoms with van der Waals surface area (Å²) in [5.41, 5.74) is 6.24. The van der Waals surface area contributed by atoms with Crippen LogP contribution in [0.1, 0.15) is 10.4 Å². The van der Waals surface area contributed by atoms with E-state index in [0.717, 1.165) is 4.90 Å². The van der Waals surface area contributed by atoms with Crippen molar-refractivity contribution in [2.45, 2.75) is 9.92 Å². The highest BCUT2D eigenvalue weighted by Crippen LogP contribution is 2.37. The van der Waals surface area contributed by atoms with E-state index in [9.17, 15) is 4.79 Å². The maximum Gasteiger partial charge on any atom is 0.337 e. The third kappa shape index (κ3) is 2.87. The number of rotatable bonds is 3. The molecule has 0 bridgehead atoms. The number of nitrogens with two attached hydrogens (primary N) is 1. The van der Waals surface area contributed by atoms with Crippen LogP contribution < -0.4 is 15.2 Å². The molecule has 1 aromatic carbocycles. The third-order valence-electron chi connectivity index (χ3n) is 2.85. The fourth-order valence-corrected chi connectivity index (χ4v) is 2.68. The number of carbonyl (C=O) groups is 1. The molecule has 21 heavy (non-hydrogen) atoms. The first-order chi connectivity index (χ1) is 10.1. The molecule has 3 N–H and O–H groups in total. The van der Waals surface area contributed by atoms with Crippen molar-refractivity contribution in [1.82, 2.24) is 4.98 Å². The molecule has 0 aliphatic carbocycles. The van der Waals surface area contributed by atoms with Crippen LogP contribution in [0, 0.1) is 0 Å². The zero-order valence-corrected chi connectivity index (χ0v) is 11.7. The standard InChI is InChI=1S/C14H12N2O4S/c15-10-5-8(14(17)18)7-16-13(10)21-9-1-2-11-12(6-9)20-4-3-19-11/h1-2,5-7H,3-4,15H2,(H,17,18). The number of aromatic nitrogens is 1. The van der Waals surface area contributed by atoms with Gasteiger partial charge in [0, 0.05) is 11.1 Å². The Morgan fingerprint density at radius 1 is 1.24 bits per heavy atom. The highest BCUT2D eigenvalue weighted by molar-refractivity contribution is 7.99. The molecule has 6 nitrogen and oxygen atoms in total. The van der Waals surface area contributed by atoms with Gasteiger partial charge in [0.15, 0.2) is 11.5 Å². The molecule has 0 unspecified atom stereocenters. The van der Waals surface area contributed by atoms with Gasteiger partial charge in [0.05, 0.1) is 11.3 Å². The SMILES string of the molecule is Nc1cc(C(=O)O)cnc1Sc1ccc2c(c1)OCCO2. The van der Waals surface area contributed by atoms with Crippen molar-refractivity contribution in [3.63, 3.8) is 0 Å². The van der Waals surface area contributed by atoms with E-state index in [2.05, 4.69) is 4.98 Å². The van der Waals surface area contributed by atoms with Gasteiger partial charge in [-0.1, -0.05) is 11.8 Å². The molecule has 3 rings (SSSR count). The second-order valence-electron chi connectivity index (χ2n) is 4.33. The maximum atomic E-state index is 10.9. The molecule has 0 saturated heterocycles. The van der Waals surface area contributed by atoms with Gasteiger partial charge in [0.25, 0.3) is 0 Å². The normalized spacial score (nSPS) is 13.0. The van der Waals surface area contributed by atoms with Crippen molar-refractivity contribution in [2.75, 3.05) is 18.9 Å². The van der Waals surface area contributed by atoms with Crippen LogP contribution in [-0.2, 0) is 0 Å². The average Bonchev–Trinajstić information content (AvgIpc) is 2.49. The van der Waals surface area contributed by atoms with Crippen LogP contribution in [0.3, 0.4) is 0 Å². The number of pyridine rings is 1. The van der Waals surface area contributed by atoms with Gasteiger partial charge < -0.3 is 20.3 Å². The summed E-state index contributed by atoms with van der Waals surface area (Å²) < 4.78 is 11.0. The molecule has 2 heterocycles. The molecule has 7 heteroatoms. The highest BCUT2D eigenvalue weighted by atomic mass is 32.2. The van der Waals surface area contributed by atoms with E-state index in [4.69, 9.17) is 20.3 Å². The summed E-state index contributed by atoms with van der Waals surface area (Å²) in [5, 5.41) is 9.44.